The Morgan fingerprint density at radius 1 is 1.20 bits per heavy atom. The van der Waals surface area contributed by atoms with Crippen molar-refractivity contribution in [1.29, 1.82) is 0 Å². The average Bonchev–Trinajstić information content (AvgIpc) is 3.08. The molecule has 0 aliphatic carbocycles. The lowest BCUT2D eigenvalue weighted by Crippen LogP contribution is -2.46. The summed E-state index contributed by atoms with van der Waals surface area (Å²) in [6.07, 6.45) is 7.70. The van der Waals surface area contributed by atoms with E-state index in [1.165, 1.54) is 0 Å². The Morgan fingerprint density at radius 2 is 2.00 bits per heavy atom. The first kappa shape index (κ1) is 20.2. The molecule has 0 radical (unpaired) electrons. The van der Waals surface area contributed by atoms with E-state index in [1.54, 1.807) is 29.1 Å². The number of halogens is 1. The van der Waals surface area contributed by atoms with Gasteiger partial charge in [-0.2, -0.15) is 10.1 Å². The van der Waals surface area contributed by atoms with Gasteiger partial charge in [0, 0.05) is 67.3 Å². The standard InChI is InChI=1S/C21H24ClN7O/c1-15-16(14-25-29(15)20-4-5-24-21(23)26-20)3-2-6-27-7-9-28(10-8-27)18-11-17(22)12-19(30)13-18/h2-5,11-14,30H,6-10H2,1H3,(H2,23,24,26)/b3-2+. The van der Waals surface area contributed by atoms with Crippen LogP contribution in [-0.2, 0) is 0 Å². The number of hydrogen-bond donors (Lipinski definition) is 2. The van der Waals surface area contributed by atoms with Gasteiger partial charge in [-0.1, -0.05) is 23.8 Å². The highest BCUT2D eigenvalue weighted by Crippen LogP contribution is 2.27. The number of aromatic hydroxyl groups is 1. The monoisotopic (exact) mass is 425 g/mol. The zero-order valence-corrected chi connectivity index (χ0v) is 17.5. The fourth-order valence-electron chi connectivity index (χ4n) is 3.56. The molecule has 3 N–H and O–H groups in total. The molecule has 0 bridgehead atoms. The molecule has 0 amide bonds. The summed E-state index contributed by atoms with van der Waals surface area (Å²) in [5.41, 5.74) is 8.67. The van der Waals surface area contributed by atoms with Crippen LogP contribution in [0.3, 0.4) is 0 Å². The van der Waals surface area contributed by atoms with Crippen molar-refractivity contribution in [3.8, 4) is 11.6 Å². The van der Waals surface area contributed by atoms with E-state index in [1.807, 2.05) is 19.2 Å². The summed E-state index contributed by atoms with van der Waals surface area (Å²) < 4.78 is 1.76. The lowest BCUT2D eigenvalue weighted by Gasteiger charge is -2.35. The van der Waals surface area contributed by atoms with Crippen molar-refractivity contribution < 1.29 is 5.11 Å². The number of nitrogens with two attached hydrogens (primary N) is 1. The van der Waals surface area contributed by atoms with Crippen molar-refractivity contribution in [3.63, 3.8) is 0 Å². The molecule has 1 aliphatic heterocycles. The third-order valence-corrected chi connectivity index (χ3v) is 5.41. The number of benzene rings is 1. The Balaban J connectivity index is 1.34. The lowest BCUT2D eigenvalue weighted by molar-refractivity contribution is 0.284. The van der Waals surface area contributed by atoms with E-state index in [4.69, 9.17) is 17.3 Å². The van der Waals surface area contributed by atoms with Gasteiger partial charge in [0.05, 0.1) is 11.9 Å². The third-order valence-electron chi connectivity index (χ3n) is 5.19. The highest BCUT2D eigenvalue weighted by Gasteiger charge is 2.17. The summed E-state index contributed by atoms with van der Waals surface area (Å²) >= 11 is 6.06. The van der Waals surface area contributed by atoms with Gasteiger partial charge in [-0.05, 0) is 19.1 Å². The molecular weight excluding hydrogens is 402 g/mol. The summed E-state index contributed by atoms with van der Waals surface area (Å²) in [6.45, 7) is 6.52. The summed E-state index contributed by atoms with van der Waals surface area (Å²) in [4.78, 5) is 12.8. The third kappa shape index (κ3) is 4.55. The molecule has 0 saturated carbocycles. The maximum Gasteiger partial charge on any atom is 0.221 e. The highest BCUT2D eigenvalue weighted by atomic mass is 35.5. The molecule has 156 valence electrons. The number of aromatic nitrogens is 4. The van der Waals surface area contributed by atoms with Gasteiger partial charge in [0.15, 0.2) is 5.82 Å². The predicted molar refractivity (Wildman–Crippen MR) is 119 cm³/mol. The smallest absolute Gasteiger partial charge is 0.221 e. The van der Waals surface area contributed by atoms with Gasteiger partial charge in [-0.25, -0.2) is 9.67 Å². The molecular formula is C21H24ClN7O. The number of anilines is 2. The lowest BCUT2D eigenvalue weighted by atomic mass is 10.2. The van der Waals surface area contributed by atoms with Crippen molar-refractivity contribution in [2.24, 2.45) is 0 Å². The maximum atomic E-state index is 9.76. The Kier molecular flexibility index (Phi) is 5.87. The summed E-state index contributed by atoms with van der Waals surface area (Å²) in [5, 5.41) is 14.7. The van der Waals surface area contributed by atoms with Crippen LogP contribution in [0.25, 0.3) is 11.9 Å². The Hall–Kier alpha value is -3.10. The fourth-order valence-corrected chi connectivity index (χ4v) is 3.78. The van der Waals surface area contributed by atoms with Gasteiger partial charge >= 0.3 is 0 Å². The molecule has 4 rings (SSSR count). The van der Waals surface area contributed by atoms with E-state index >= 15 is 0 Å². The largest absolute Gasteiger partial charge is 0.508 e. The van der Waals surface area contributed by atoms with Gasteiger partial charge in [0.1, 0.15) is 5.75 Å². The maximum absolute atomic E-state index is 9.76. The van der Waals surface area contributed by atoms with E-state index < -0.39 is 0 Å². The van der Waals surface area contributed by atoms with Crippen molar-refractivity contribution in [1.82, 2.24) is 24.6 Å². The van der Waals surface area contributed by atoms with Crippen LogP contribution in [0.2, 0.25) is 5.02 Å². The summed E-state index contributed by atoms with van der Waals surface area (Å²) in [5.74, 6) is 1.08. The second kappa shape index (κ2) is 8.73. The molecule has 1 aromatic carbocycles. The molecule has 2 aromatic heterocycles. The van der Waals surface area contributed by atoms with Crippen molar-refractivity contribution in [3.05, 3.63) is 59.0 Å². The number of piperazine rings is 1. The topological polar surface area (TPSA) is 96.3 Å². The molecule has 0 unspecified atom stereocenters. The molecule has 30 heavy (non-hydrogen) atoms. The van der Waals surface area contributed by atoms with Crippen molar-refractivity contribution in [2.45, 2.75) is 6.92 Å². The molecule has 1 saturated heterocycles. The van der Waals surface area contributed by atoms with Gasteiger partial charge in [-0.15, -0.1) is 0 Å². The number of hydrogen-bond acceptors (Lipinski definition) is 7. The highest BCUT2D eigenvalue weighted by molar-refractivity contribution is 6.31. The van der Waals surface area contributed by atoms with Crippen molar-refractivity contribution >= 4 is 29.3 Å². The molecule has 1 fully saturated rings. The average molecular weight is 426 g/mol. The quantitative estimate of drug-likeness (QED) is 0.648. The Bertz CT molecular complexity index is 1040. The number of nitrogens with zero attached hydrogens (tertiary/aromatic N) is 6. The van der Waals surface area contributed by atoms with Crippen LogP contribution < -0.4 is 10.6 Å². The minimum atomic E-state index is 0.198. The minimum Gasteiger partial charge on any atom is -0.508 e. The Labute approximate surface area is 180 Å². The van der Waals surface area contributed by atoms with E-state index in [9.17, 15) is 5.11 Å². The molecule has 9 heteroatoms. The van der Waals surface area contributed by atoms with Gasteiger partial charge in [0.2, 0.25) is 5.95 Å². The van der Waals surface area contributed by atoms with Crippen LogP contribution in [0, 0.1) is 6.92 Å². The van der Waals surface area contributed by atoms with E-state index in [2.05, 4.69) is 37.0 Å². The van der Waals surface area contributed by atoms with E-state index in [0.717, 1.165) is 49.7 Å². The van der Waals surface area contributed by atoms with E-state index in [0.29, 0.717) is 10.8 Å². The van der Waals surface area contributed by atoms with Crippen LogP contribution in [0.1, 0.15) is 11.3 Å². The first-order chi connectivity index (χ1) is 14.5. The number of phenols is 1. The zero-order valence-electron chi connectivity index (χ0n) is 16.7. The summed E-state index contributed by atoms with van der Waals surface area (Å²) in [7, 11) is 0. The number of phenolic OH excluding ortho intramolecular Hbond substituents is 1. The van der Waals surface area contributed by atoms with Crippen LogP contribution in [0.4, 0.5) is 11.6 Å². The normalized spacial score (nSPS) is 15.2. The predicted octanol–water partition coefficient (Wildman–Crippen LogP) is 2.75. The number of nitrogen functional groups attached to an aromatic ring is 1. The first-order valence-corrected chi connectivity index (χ1v) is 10.1. The first-order valence-electron chi connectivity index (χ1n) is 9.76. The minimum absolute atomic E-state index is 0.198. The molecule has 8 nitrogen and oxygen atoms in total. The molecule has 0 atom stereocenters. The summed E-state index contributed by atoms with van der Waals surface area (Å²) in [6, 6.07) is 6.98. The van der Waals surface area contributed by atoms with E-state index in [-0.39, 0.29) is 11.7 Å². The molecule has 0 spiro atoms. The second-order valence-corrected chi connectivity index (χ2v) is 7.66. The zero-order chi connectivity index (χ0) is 21.1. The van der Waals surface area contributed by atoms with Crippen molar-refractivity contribution in [2.75, 3.05) is 43.4 Å². The number of rotatable bonds is 5. The van der Waals surface area contributed by atoms with Gasteiger partial charge in [0.25, 0.3) is 0 Å². The molecule has 3 aromatic rings. The molecule has 1 aliphatic rings. The van der Waals surface area contributed by atoms with Gasteiger partial charge < -0.3 is 15.7 Å². The van der Waals surface area contributed by atoms with Gasteiger partial charge in [-0.3, -0.25) is 4.90 Å². The van der Waals surface area contributed by atoms with Crippen LogP contribution in [-0.4, -0.2) is 62.5 Å². The molecule has 3 heterocycles. The van der Waals surface area contributed by atoms with Crippen LogP contribution in [0.15, 0.2) is 42.7 Å². The Morgan fingerprint density at radius 3 is 2.73 bits per heavy atom. The van der Waals surface area contributed by atoms with Crippen LogP contribution in [0.5, 0.6) is 5.75 Å². The SMILES string of the molecule is Cc1c(/C=C/CN2CCN(c3cc(O)cc(Cl)c3)CC2)cnn1-c1ccnc(N)n1. The van der Waals surface area contributed by atoms with Crippen LogP contribution >= 0.6 is 11.6 Å². The fraction of sp³-hybridized carbons (Fsp3) is 0.286. The second-order valence-electron chi connectivity index (χ2n) is 7.23.